The maximum Gasteiger partial charge on any atom is 0.266 e. The molecule has 2 aromatic rings. The summed E-state index contributed by atoms with van der Waals surface area (Å²) in [5.41, 5.74) is 3.74. The van der Waals surface area contributed by atoms with Crippen molar-refractivity contribution in [3.05, 3.63) is 65.2 Å². The molecule has 26 heavy (non-hydrogen) atoms. The van der Waals surface area contributed by atoms with Gasteiger partial charge >= 0.3 is 0 Å². The van der Waals surface area contributed by atoms with Gasteiger partial charge in [-0.3, -0.25) is 4.79 Å². The summed E-state index contributed by atoms with van der Waals surface area (Å²) in [6.45, 7) is 5.17. The van der Waals surface area contributed by atoms with E-state index in [9.17, 15) is 10.1 Å². The van der Waals surface area contributed by atoms with Crippen LogP contribution in [-0.4, -0.2) is 32.2 Å². The van der Waals surface area contributed by atoms with Gasteiger partial charge in [-0.25, -0.2) is 0 Å². The molecule has 0 radical (unpaired) electrons. The molecule has 1 saturated heterocycles. The van der Waals surface area contributed by atoms with Gasteiger partial charge in [0.25, 0.3) is 5.91 Å². The lowest BCUT2D eigenvalue weighted by Gasteiger charge is -2.28. The first-order valence-electron chi connectivity index (χ1n) is 8.58. The summed E-state index contributed by atoms with van der Waals surface area (Å²) in [5, 5.41) is 12.1. The number of anilines is 2. The van der Waals surface area contributed by atoms with Crippen molar-refractivity contribution in [1.82, 2.24) is 0 Å². The maximum atomic E-state index is 12.3. The molecular formula is C21H21N3O2. The molecule has 0 saturated carbocycles. The number of ether oxygens (including phenoxy) is 1. The van der Waals surface area contributed by atoms with Gasteiger partial charge in [-0.05, 0) is 48.4 Å². The van der Waals surface area contributed by atoms with Crippen molar-refractivity contribution in [2.75, 3.05) is 36.5 Å². The van der Waals surface area contributed by atoms with Crippen molar-refractivity contribution in [1.29, 1.82) is 5.26 Å². The van der Waals surface area contributed by atoms with Gasteiger partial charge in [-0.1, -0.05) is 24.3 Å². The Hall–Kier alpha value is -3.10. The van der Waals surface area contributed by atoms with Crippen LogP contribution in [0.2, 0.25) is 0 Å². The molecule has 0 atom stereocenters. The van der Waals surface area contributed by atoms with E-state index < -0.39 is 5.91 Å². The molecule has 0 spiro atoms. The van der Waals surface area contributed by atoms with Crippen LogP contribution in [0.5, 0.6) is 0 Å². The molecule has 1 heterocycles. The molecule has 0 bridgehead atoms. The van der Waals surface area contributed by atoms with E-state index in [1.54, 1.807) is 12.1 Å². The van der Waals surface area contributed by atoms with Crippen LogP contribution >= 0.6 is 0 Å². The minimum Gasteiger partial charge on any atom is -0.378 e. The van der Waals surface area contributed by atoms with Gasteiger partial charge in [0.2, 0.25) is 0 Å². The lowest BCUT2D eigenvalue weighted by Crippen LogP contribution is -2.36. The highest BCUT2D eigenvalue weighted by Crippen LogP contribution is 2.18. The second-order valence-electron chi connectivity index (χ2n) is 6.18. The third kappa shape index (κ3) is 4.50. The minimum atomic E-state index is -0.407. The second-order valence-corrected chi connectivity index (χ2v) is 6.18. The van der Waals surface area contributed by atoms with Crippen molar-refractivity contribution in [2.45, 2.75) is 6.92 Å². The minimum absolute atomic E-state index is 0.0747. The zero-order valence-electron chi connectivity index (χ0n) is 14.7. The number of hydrogen-bond donors (Lipinski definition) is 1. The van der Waals surface area contributed by atoms with E-state index in [2.05, 4.69) is 10.2 Å². The summed E-state index contributed by atoms with van der Waals surface area (Å²) >= 11 is 0. The molecule has 1 aliphatic heterocycles. The zero-order chi connectivity index (χ0) is 18.4. The number of rotatable bonds is 4. The second kappa shape index (κ2) is 8.32. The Bertz CT molecular complexity index is 844. The molecule has 0 aromatic heterocycles. The summed E-state index contributed by atoms with van der Waals surface area (Å²) in [7, 11) is 0. The van der Waals surface area contributed by atoms with Crippen molar-refractivity contribution >= 4 is 23.4 Å². The van der Waals surface area contributed by atoms with Gasteiger partial charge in [-0.2, -0.15) is 5.26 Å². The first kappa shape index (κ1) is 17.7. The van der Waals surface area contributed by atoms with Crippen LogP contribution in [0, 0.1) is 18.3 Å². The lowest BCUT2D eigenvalue weighted by atomic mass is 10.1. The van der Waals surface area contributed by atoms with Crippen molar-refractivity contribution in [2.24, 2.45) is 0 Å². The molecule has 1 N–H and O–H groups in total. The number of carbonyl (C=O) groups excluding carboxylic acids is 1. The van der Waals surface area contributed by atoms with Crippen molar-refractivity contribution in [3.8, 4) is 6.07 Å². The van der Waals surface area contributed by atoms with Gasteiger partial charge in [0.15, 0.2) is 0 Å². The van der Waals surface area contributed by atoms with Gasteiger partial charge in [0.05, 0.1) is 13.2 Å². The first-order valence-corrected chi connectivity index (χ1v) is 8.58. The van der Waals surface area contributed by atoms with Gasteiger partial charge in [0, 0.05) is 24.5 Å². The Morgan fingerprint density at radius 2 is 1.92 bits per heavy atom. The summed E-state index contributed by atoms with van der Waals surface area (Å²) < 4.78 is 5.36. The molecule has 0 aliphatic carbocycles. The van der Waals surface area contributed by atoms with Crippen LogP contribution in [0.15, 0.2) is 54.1 Å². The van der Waals surface area contributed by atoms with E-state index in [1.807, 2.05) is 55.5 Å². The average Bonchev–Trinajstić information content (AvgIpc) is 2.67. The number of benzene rings is 2. The first-order chi connectivity index (χ1) is 12.7. The fraction of sp³-hybridized carbons (Fsp3) is 0.238. The largest absolute Gasteiger partial charge is 0.378 e. The third-order valence-corrected chi connectivity index (χ3v) is 4.22. The molecule has 5 nitrogen and oxygen atoms in total. The Balaban J connectivity index is 1.71. The van der Waals surface area contributed by atoms with E-state index in [4.69, 9.17) is 4.74 Å². The van der Waals surface area contributed by atoms with E-state index in [0.29, 0.717) is 5.69 Å². The zero-order valence-corrected chi connectivity index (χ0v) is 14.7. The van der Waals surface area contributed by atoms with Crippen LogP contribution in [0.4, 0.5) is 11.4 Å². The monoisotopic (exact) mass is 347 g/mol. The molecule has 1 aliphatic rings. The topological polar surface area (TPSA) is 65.4 Å². The molecule has 0 unspecified atom stereocenters. The quantitative estimate of drug-likeness (QED) is 0.680. The number of nitriles is 1. The summed E-state index contributed by atoms with van der Waals surface area (Å²) in [4.78, 5) is 14.6. The third-order valence-electron chi connectivity index (χ3n) is 4.22. The van der Waals surface area contributed by atoms with E-state index in [-0.39, 0.29) is 5.57 Å². The number of carbonyl (C=O) groups is 1. The van der Waals surface area contributed by atoms with Crippen molar-refractivity contribution in [3.63, 3.8) is 0 Å². The van der Waals surface area contributed by atoms with Gasteiger partial charge < -0.3 is 15.0 Å². The predicted molar refractivity (Wildman–Crippen MR) is 103 cm³/mol. The van der Waals surface area contributed by atoms with E-state index in [1.165, 1.54) is 0 Å². The van der Waals surface area contributed by atoms with Crippen LogP contribution in [0.25, 0.3) is 6.08 Å². The van der Waals surface area contributed by atoms with Crippen LogP contribution < -0.4 is 10.2 Å². The molecule has 1 amide bonds. The molecular weight excluding hydrogens is 326 g/mol. The van der Waals surface area contributed by atoms with E-state index >= 15 is 0 Å². The number of amides is 1. The number of nitrogens with one attached hydrogen (secondary N) is 1. The maximum absolute atomic E-state index is 12.3. The SMILES string of the molecule is Cc1cccc(NC(=O)/C(C#N)=C/c2ccc(N3CCOCC3)cc2)c1. The highest BCUT2D eigenvalue weighted by Gasteiger charge is 2.12. The Morgan fingerprint density at radius 1 is 1.19 bits per heavy atom. The summed E-state index contributed by atoms with van der Waals surface area (Å²) in [6, 6.07) is 17.3. The fourth-order valence-corrected chi connectivity index (χ4v) is 2.84. The molecule has 3 rings (SSSR count). The summed E-state index contributed by atoms with van der Waals surface area (Å²) in [5.74, 6) is -0.407. The lowest BCUT2D eigenvalue weighted by molar-refractivity contribution is -0.112. The normalized spacial score (nSPS) is 14.6. The Kier molecular flexibility index (Phi) is 5.67. The highest BCUT2D eigenvalue weighted by molar-refractivity contribution is 6.09. The average molecular weight is 347 g/mol. The molecule has 2 aromatic carbocycles. The van der Waals surface area contributed by atoms with Crippen LogP contribution in [0.3, 0.4) is 0 Å². The predicted octanol–water partition coefficient (Wildman–Crippen LogP) is 3.38. The standard InChI is InChI=1S/C21H21N3O2/c1-16-3-2-4-19(13-16)23-21(25)18(15-22)14-17-5-7-20(8-6-17)24-9-11-26-12-10-24/h2-8,13-14H,9-12H2,1H3,(H,23,25)/b18-14+. The highest BCUT2D eigenvalue weighted by atomic mass is 16.5. The Labute approximate surface area is 153 Å². The van der Waals surface area contributed by atoms with Crippen LogP contribution in [0.1, 0.15) is 11.1 Å². The molecule has 132 valence electrons. The smallest absolute Gasteiger partial charge is 0.266 e. The molecule has 1 fully saturated rings. The van der Waals surface area contributed by atoms with Gasteiger partial charge in [0.1, 0.15) is 11.6 Å². The van der Waals surface area contributed by atoms with Crippen molar-refractivity contribution < 1.29 is 9.53 Å². The number of hydrogen-bond acceptors (Lipinski definition) is 4. The van der Waals surface area contributed by atoms with Crippen LogP contribution in [-0.2, 0) is 9.53 Å². The number of aryl methyl sites for hydroxylation is 1. The number of morpholine rings is 1. The number of nitrogens with zero attached hydrogens (tertiary/aromatic N) is 2. The molecule has 5 heteroatoms. The van der Waals surface area contributed by atoms with E-state index in [0.717, 1.165) is 43.1 Å². The Morgan fingerprint density at radius 3 is 2.58 bits per heavy atom. The summed E-state index contributed by atoms with van der Waals surface area (Å²) in [6.07, 6.45) is 1.61. The fourth-order valence-electron chi connectivity index (χ4n) is 2.84. The van der Waals surface area contributed by atoms with Gasteiger partial charge in [-0.15, -0.1) is 0 Å².